The van der Waals surface area contributed by atoms with Crippen LogP contribution in [0.25, 0.3) is 0 Å². The predicted molar refractivity (Wildman–Crippen MR) is 186 cm³/mol. The van der Waals surface area contributed by atoms with Crippen LogP contribution < -0.4 is 0 Å². The van der Waals surface area contributed by atoms with Crippen LogP contribution in [0.15, 0.2) is 24.3 Å². The zero-order valence-corrected chi connectivity index (χ0v) is 28.8. The van der Waals surface area contributed by atoms with Gasteiger partial charge in [-0.1, -0.05) is 134 Å². The van der Waals surface area contributed by atoms with Crippen LogP contribution in [0.4, 0.5) is 0 Å². The summed E-state index contributed by atoms with van der Waals surface area (Å²) >= 11 is 0. The minimum atomic E-state index is -0.705. The van der Waals surface area contributed by atoms with E-state index in [0.29, 0.717) is 6.42 Å². The van der Waals surface area contributed by atoms with Gasteiger partial charge in [-0.25, -0.2) is 0 Å². The molecule has 0 aliphatic carbocycles. The summed E-state index contributed by atoms with van der Waals surface area (Å²) in [7, 11) is 0. The van der Waals surface area contributed by atoms with Crippen LogP contribution in [0, 0.1) is 0 Å². The molecule has 0 rings (SSSR count). The summed E-state index contributed by atoms with van der Waals surface area (Å²) in [5, 5.41) is 8.80. The van der Waals surface area contributed by atoms with Crippen molar-refractivity contribution in [3.05, 3.63) is 24.3 Å². The number of rotatable bonds is 34. The van der Waals surface area contributed by atoms with Crippen molar-refractivity contribution in [2.24, 2.45) is 0 Å². The first-order chi connectivity index (χ1) is 21.1. The van der Waals surface area contributed by atoms with Crippen LogP contribution in [0.5, 0.6) is 0 Å². The Kier molecular flexibility index (Phi) is 33.6. The van der Waals surface area contributed by atoms with E-state index in [0.717, 1.165) is 70.6 Å². The van der Waals surface area contributed by atoms with Gasteiger partial charge in [0.2, 0.25) is 0 Å². The second-order valence-corrected chi connectivity index (χ2v) is 12.8. The molecule has 1 unspecified atom stereocenters. The van der Waals surface area contributed by atoms with Crippen molar-refractivity contribution in [3.8, 4) is 0 Å². The summed E-state index contributed by atoms with van der Waals surface area (Å²) < 4.78 is 5.97. The Balaban J connectivity index is 4.09. The van der Waals surface area contributed by atoms with Gasteiger partial charge in [0.25, 0.3) is 0 Å². The summed E-state index contributed by atoms with van der Waals surface area (Å²) in [6.45, 7) is 4.53. The fourth-order valence-electron chi connectivity index (χ4n) is 5.59. The van der Waals surface area contributed by atoms with E-state index in [1.54, 1.807) is 0 Å². The van der Waals surface area contributed by atoms with Crippen LogP contribution in [0.1, 0.15) is 206 Å². The van der Waals surface area contributed by atoms with Crippen molar-refractivity contribution in [2.75, 3.05) is 0 Å². The lowest BCUT2D eigenvalue weighted by Gasteiger charge is -2.18. The van der Waals surface area contributed by atoms with Gasteiger partial charge in [-0.05, 0) is 83.5 Å². The van der Waals surface area contributed by atoms with Crippen LogP contribution in [0.3, 0.4) is 0 Å². The second-order valence-electron chi connectivity index (χ2n) is 12.8. The van der Waals surface area contributed by atoms with Gasteiger partial charge >= 0.3 is 11.9 Å². The normalized spacial score (nSPS) is 12.4. The number of esters is 1. The molecule has 4 nitrogen and oxygen atoms in total. The number of carboxylic acids is 1. The largest absolute Gasteiger partial charge is 0.481 e. The van der Waals surface area contributed by atoms with Crippen molar-refractivity contribution in [1.82, 2.24) is 0 Å². The Hall–Kier alpha value is -1.58. The van der Waals surface area contributed by atoms with Crippen molar-refractivity contribution < 1.29 is 19.4 Å². The standard InChI is InChI=1S/C39H72O4/c1-3-5-7-9-11-13-15-16-17-19-21-23-28-32-36-39(42)43-37(34-30-26-24-27-31-35-38(40)41)33-29-25-22-20-18-14-12-10-8-6-4-2/h15-16,20,22,37H,3-14,17-19,21,23-36H2,1-2H3,(H,40,41)/b16-15-,22-20-. The van der Waals surface area contributed by atoms with Crippen LogP contribution in [-0.4, -0.2) is 23.1 Å². The summed E-state index contributed by atoms with van der Waals surface area (Å²) in [5.74, 6) is -0.726. The molecular weight excluding hydrogens is 532 g/mol. The highest BCUT2D eigenvalue weighted by Gasteiger charge is 2.14. The van der Waals surface area contributed by atoms with Gasteiger partial charge in [-0.2, -0.15) is 0 Å². The Morgan fingerprint density at radius 1 is 0.488 bits per heavy atom. The van der Waals surface area contributed by atoms with Gasteiger partial charge in [-0.3, -0.25) is 9.59 Å². The smallest absolute Gasteiger partial charge is 0.306 e. The van der Waals surface area contributed by atoms with Gasteiger partial charge in [0, 0.05) is 12.8 Å². The Labute approximate surface area is 267 Å². The molecule has 0 heterocycles. The minimum Gasteiger partial charge on any atom is -0.481 e. The van der Waals surface area contributed by atoms with Gasteiger partial charge in [0.1, 0.15) is 6.10 Å². The number of ether oxygens (including phenoxy) is 1. The maximum atomic E-state index is 12.6. The van der Waals surface area contributed by atoms with E-state index in [1.165, 1.54) is 109 Å². The summed E-state index contributed by atoms with van der Waals surface area (Å²) in [4.78, 5) is 23.3. The van der Waals surface area contributed by atoms with E-state index >= 15 is 0 Å². The van der Waals surface area contributed by atoms with Crippen LogP contribution in [-0.2, 0) is 14.3 Å². The predicted octanol–water partition coefficient (Wildman–Crippen LogP) is 12.8. The maximum Gasteiger partial charge on any atom is 0.306 e. The summed E-state index contributed by atoms with van der Waals surface area (Å²) in [5.41, 5.74) is 0. The third kappa shape index (κ3) is 34.8. The van der Waals surface area contributed by atoms with Gasteiger partial charge in [0.05, 0.1) is 0 Å². The third-order valence-corrected chi connectivity index (χ3v) is 8.40. The topological polar surface area (TPSA) is 63.6 Å². The number of hydrogen-bond acceptors (Lipinski definition) is 3. The molecule has 4 heteroatoms. The molecule has 0 radical (unpaired) electrons. The molecule has 0 aliphatic rings. The summed E-state index contributed by atoms with van der Waals surface area (Å²) in [6.07, 6.45) is 43.3. The van der Waals surface area contributed by atoms with E-state index in [4.69, 9.17) is 9.84 Å². The minimum absolute atomic E-state index is 0.0213. The number of hydrogen-bond donors (Lipinski definition) is 1. The molecule has 0 aromatic heterocycles. The van der Waals surface area contributed by atoms with Gasteiger partial charge < -0.3 is 9.84 Å². The lowest BCUT2D eigenvalue weighted by molar-refractivity contribution is -0.150. The van der Waals surface area contributed by atoms with E-state index in [9.17, 15) is 9.59 Å². The molecule has 0 aliphatic heterocycles. The highest BCUT2D eigenvalue weighted by Crippen LogP contribution is 2.18. The van der Waals surface area contributed by atoms with E-state index in [-0.39, 0.29) is 18.5 Å². The fraction of sp³-hybridized carbons (Fsp3) is 0.846. The second kappa shape index (κ2) is 34.9. The molecule has 43 heavy (non-hydrogen) atoms. The number of carboxylic acid groups (broad SMARTS) is 1. The first-order valence-corrected chi connectivity index (χ1v) is 18.8. The molecule has 0 saturated carbocycles. The van der Waals surface area contributed by atoms with Crippen LogP contribution >= 0.6 is 0 Å². The van der Waals surface area contributed by atoms with Crippen molar-refractivity contribution in [1.29, 1.82) is 0 Å². The zero-order valence-electron chi connectivity index (χ0n) is 28.8. The maximum absolute atomic E-state index is 12.6. The number of aliphatic carboxylic acids is 1. The molecular formula is C39H72O4. The average molecular weight is 605 g/mol. The molecule has 1 atom stereocenters. The molecule has 0 amide bonds. The third-order valence-electron chi connectivity index (χ3n) is 8.40. The van der Waals surface area contributed by atoms with Gasteiger partial charge in [-0.15, -0.1) is 0 Å². The summed E-state index contributed by atoms with van der Waals surface area (Å²) in [6, 6.07) is 0. The first-order valence-electron chi connectivity index (χ1n) is 18.8. The van der Waals surface area contributed by atoms with Gasteiger partial charge in [0.15, 0.2) is 0 Å². The molecule has 0 aromatic rings. The number of unbranched alkanes of at least 4 members (excludes halogenated alkanes) is 21. The monoisotopic (exact) mass is 605 g/mol. The lowest BCUT2D eigenvalue weighted by atomic mass is 10.0. The number of allylic oxidation sites excluding steroid dienone is 4. The number of carbonyl (C=O) groups excluding carboxylic acids is 1. The van der Waals surface area contributed by atoms with Crippen molar-refractivity contribution in [3.63, 3.8) is 0 Å². The van der Waals surface area contributed by atoms with E-state index < -0.39 is 5.97 Å². The Morgan fingerprint density at radius 3 is 1.35 bits per heavy atom. The molecule has 1 N–H and O–H groups in total. The molecule has 0 bridgehead atoms. The molecule has 0 saturated heterocycles. The highest BCUT2D eigenvalue weighted by atomic mass is 16.5. The first kappa shape index (κ1) is 41.4. The number of carbonyl (C=O) groups is 2. The lowest BCUT2D eigenvalue weighted by Crippen LogP contribution is -2.18. The van der Waals surface area contributed by atoms with E-state index in [1.807, 2.05) is 0 Å². The zero-order chi connectivity index (χ0) is 31.5. The molecule has 0 spiro atoms. The molecule has 0 fully saturated rings. The fourth-order valence-corrected chi connectivity index (χ4v) is 5.59. The highest BCUT2D eigenvalue weighted by molar-refractivity contribution is 5.69. The quantitative estimate of drug-likeness (QED) is 0.0451. The van der Waals surface area contributed by atoms with E-state index in [2.05, 4.69) is 38.2 Å². The molecule has 0 aromatic carbocycles. The SMILES string of the molecule is CCCCCCC/C=C\CCCCCCCC(=O)OC(CCC/C=C\CCCCCCCC)CCCCCCCC(=O)O. The average Bonchev–Trinajstić information content (AvgIpc) is 2.99. The Bertz CT molecular complexity index is 654. The van der Waals surface area contributed by atoms with Crippen molar-refractivity contribution in [2.45, 2.75) is 213 Å². The van der Waals surface area contributed by atoms with Crippen molar-refractivity contribution >= 4 is 11.9 Å². The Morgan fingerprint density at radius 2 is 0.860 bits per heavy atom. The van der Waals surface area contributed by atoms with Crippen LogP contribution in [0.2, 0.25) is 0 Å². The molecule has 252 valence electrons.